The summed E-state index contributed by atoms with van der Waals surface area (Å²) < 4.78 is 2.05. The smallest absolute Gasteiger partial charge is 0.0672 e. The third-order valence-corrected chi connectivity index (χ3v) is 3.53. The number of fused-ring (bicyclic) bond motifs is 1. The van der Waals surface area contributed by atoms with E-state index in [1.165, 1.54) is 22.4 Å². The first-order valence-electron chi connectivity index (χ1n) is 6.69. The van der Waals surface area contributed by atoms with Crippen LogP contribution in [-0.2, 0) is 13.0 Å². The molecule has 3 nitrogen and oxygen atoms in total. The quantitative estimate of drug-likeness (QED) is 0.894. The van der Waals surface area contributed by atoms with Crippen molar-refractivity contribution < 1.29 is 0 Å². The van der Waals surface area contributed by atoms with Gasteiger partial charge in [-0.05, 0) is 43.0 Å². The molecule has 94 valence electrons. The normalized spacial score (nSPS) is 13.4. The Labute approximate surface area is 108 Å². The first kappa shape index (κ1) is 11.3. The number of hydrogen-bond donors (Lipinski definition) is 1. The van der Waals surface area contributed by atoms with E-state index in [0.717, 1.165) is 31.6 Å². The van der Waals surface area contributed by atoms with Crippen LogP contribution in [0.25, 0.3) is 11.1 Å². The number of hydrogen-bond acceptors (Lipinski definition) is 2. The summed E-state index contributed by atoms with van der Waals surface area (Å²) >= 11 is 0. The van der Waals surface area contributed by atoms with Gasteiger partial charge in [-0.15, -0.1) is 0 Å². The van der Waals surface area contributed by atoms with Gasteiger partial charge in [-0.25, -0.2) is 0 Å². The molecule has 0 bridgehead atoms. The van der Waals surface area contributed by atoms with E-state index in [9.17, 15) is 0 Å². The summed E-state index contributed by atoms with van der Waals surface area (Å²) in [4.78, 5) is 0. The molecule has 3 rings (SSSR count). The Bertz CT molecular complexity index is 569. The highest BCUT2D eigenvalue weighted by Gasteiger charge is 2.13. The molecular formula is C15H19N3. The molecule has 18 heavy (non-hydrogen) atoms. The number of aromatic nitrogens is 2. The largest absolute Gasteiger partial charge is 0.384 e. The zero-order valence-corrected chi connectivity index (χ0v) is 11.0. The first-order chi connectivity index (χ1) is 8.78. The number of aryl methyl sites for hydroxylation is 2. The second-order valence-electron chi connectivity index (χ2n) is 4.94. The minimum absolute atomic E-state index is 0.993. The molecule has 0 aliphatic carbocycles. The molecule has 2 heterocycles. The molecule has 1 aromatic heterocycles. The van der Waals surface area contributed by atoms with Gasteiger partial charge in [-0.1, -0.05) is 13.0 Å². The van der Waals surface area contributed by atoms with E-state index in [1.807, 2.05) is 0 Å². The Hall–Kier alpha value is -1.77. The zero-order chi connectivity index (χ0) is 12.5. The molecule has 0 saturated heterocycles. The van der Waals surface area contributed by atoms with Crippen molar-refractivity contribution in [2.75, 3.05) is 11.9 Å². The van der Waals surface area contributed by atoms with Gasteiger partial charge in [0.2, 0.25) is 0 Å². The van der Waals surface area contributed by atoms with Crippen LogP contribution in [0.4, 0.5) is 5.69 Å². The van der Waals surface area contributed by atoms with Gasteiger partial charge in [-0.2, -0.15) is 5.10 Å². The highest BCUT2D eigenvalue weighted by Crippen LogP contribution is 2.29. The van der Waals surface area contributed by atoms with Gasteiger partial charge in [0, 0.05) is 30.5 Å². The fourth-order valence-electron chi connectivity index (χ4n) is 2.62. The number of anilines is 1. The summed E-state index contributed by atoms with van der Waals surface area (Å²) in [5.74, 6) is 0. The van der Waals surface area contributed by atoms with Gasteiger partial charge in [0.1, 0.15) is 0 Å². The Balaban J connectivity index is 1.99. The van der Waals surface area contributed by atoms with Crippen molar-refractivity contribution in [2.45, 2.75) is 33.2 Å². The van der Waals surface area contributed by atoms with Crippen molar-refractivity contribution in [3.05, 3.63) is 35.7 Å². The summed E-state index contributed by atoms with van der Waals surface area (Å²) in [6.45, 7) is 6.32. The molecule has 0 atom stereocenters. The van der Waals surface area contributed by atoms with Crippen LogP contribution in [-0.4, -0.2) is 16.3 Å². The van der Waals surface area contributed by atoms with Gasteiger partial charge >= 0.3 is 0 Å². The molecule has 0 amide bonds. The summed E-state index contributed by atoms with van der Waals surface area (Å²) in [6, 6.07) is 6.68. The molecule has 1 aliphatic rings. The van der Waals surface area contributed by atoms with E-state index in [1.54, 1.807) is 0 Å². The molecule has 0 unspecified atom stereocenters. The van der Waals surface area contributed by atoms with Crippen LogP contribution in [0.2, 0.25) is 0 Å². The fourth-order valence-corrected chi connectivity index (χ4v) is 2.62. The lowest BCUT2D eigenvalue weighted by Crippen LogP contribution is -1.96. The Morgan fingerprint density at radius 1 is 1.39 bits per heavy atom. The summed E-state index contributed by atoms with van der Waals surface area (Å²) in [7, 11) is 0. The maximum atomic E-state index is 4.57. The molecule has 2 aromatic rings. The van der Waals surface area contributed by atoms with E-state index in [-0.39, 0.29) is 0 Å². The van der Waals surface area contributed by atoms with Crippen LogP contribution in [0.5, 0.6) is 0 Å². The maximum Gasteiger partial charge on any atom is 0.0672 e. The first-order valence-corrected chi connectivity index (χ1v) is 6.69. The third kappa shape index (κ3) is 1.90. The topological polar surface area (TPSA) is 29.9 Å². The molecule has 1 aromatic carbocycles. The van der Waals surface area contributed by atoms with Crippen molar-refractivity contribution >= 4 is 5.69 Å². The lowest BCUT2D eigenvalue weighted by Gasteiger charge is -2.03. The van der Waals surface area contributed by atoms with Crippen LogP contribution in [0.1, 0.15) is 24.6 Å². The van der Waals surface area contributed by atoms with Gasteiger partial charge < -0.3 is 5.32 Å². The molecular weight excluding hydrogens is 222 g/mol. The zero-order valence-electron chi connectivity index (χ0n) is 11.0. The van der Waals surface area contributed by atoms with E-state index < -0.39 is 0 Å². The van der Waals surface area contributed by atoms with Gasteiger partial charge in [0.25, 0.3) is 0 Å². The molecule has 0 spiro atoms. The third-order valence-electron chi connectivity index (χ3n) is 3.53. The lowest BCUT2D eigenvalue weighted by molar-refractivity contribution is 0.598. The SMILES string of the molecule is CCCn1cc(-c2ccc3c(c2)CCN3)c(C)n1. The van der Waals surface area contributed by atoms with Crippen molar-refractivity contribution in [1.82, 2.24) is 9.78 Å². The highest BCUT2D eigenvalue weighted by atomic mass is 15.3. The van der Waals surface area contributed by atoms with E-state index in [2.05, 4.69) is 53.3 Å². The monoisotopic (exact) mass is 241 g/mol. The highest BCUT2D eigenvalue weighted by molar-refractivity contribution is 5.70. The van der Waals surface area contributed by atoms with E-state index in [4.69, 9.17) is 0 Å². The van der Waals surface area contributed by atoms with Gasteiger partial charge in [0.05, 0.1) is 5.69 Å². The minimum atomic E-state index is 0.993. The number of nitrogens with zero attached hydrogens (tertiary/aromatic N) is 2. The number of rotatable bonds is 3. The molecule has 1 aliphatic heterocycles. The van der Waals surface area contributed by atoms with Gasteiger partial charge in [-0.3, -0.25) is 4.68 Å². The second kappa shape index (κ2) is 4.48. The maximum absolute atomic E-state index is 4.57. The fraction of sp³-hybridized carbons (Fsp3) is 0.400. The molecule has 3 heteroatoms. The number of nitrogens with one attached hydrogen (secondary N) is 1. The predicted octanol–water partition coefficient (Wildman–Crippen LogP) is 3.24. The van der Waals surface area contributed by atoms with E-state index in [0.29, 0.717) is 0 Å². The second-order valence-corrected chi connectivity index (χ2v) is 4.94. The standard InChI is InChI=1S/C15H19N3/c1-3-8-18-10-14(11(2)17-18)12-4-5-15-13(9-12)6-7-16-15/h4-5,9-10,16H,3,6-8H2,1-2H3. The molecule has 0 fully saturated rings. The predicted molar refractivity (Wildman–Crippen MR) is 74.9 cm³/mol. The van der Waals surface area contributed by atoms with Crippen molar-refractivity contribution in [3.63, 3.8) is 0 Å². The number of benzene rings is 1. The Morgan fingerprint density at radius 2 is 2.28 bits per heavy atom. The lowest BCUT2D eigenvalue weighted by atomic mass is 10.0. The average Bonchev–Trinajstić information content (AvgIpc) is 2.95. The van der Waals surface area contributed by atoms with Crippen LogP contribution in [0.15, 0.2) is 24.4 Å². The Morgan fingerprint density at radius 3 is 3.11 bits per heavy atom. The van der Waals surface area contributed by atoms with Crippen LogP contribution < -0.4 is 5.32 Å². The summed E-state index contributed by atoms with van der Waals surface area (Å²) in [5, 5.41) is 7.97. The molecule has 1 N–H and O–H groups in total. The van der Waals surface area contributed by atoms with Crippen LogP contribution >= 0.6 is 0 Å². The minimum Gasteiger partial charge on any atom is -0.384 e. The van der Waals surface area contributed by atoms with E-state index >= 15 is 0 Å². The van der Waals surface area contributed by atoms with Crippen LogP contribution in [0.3, 0.4) is 0 Å². The average molecular weight is 241 g/mol. The van der Waals surface area contributed by atoms with Crippen molar-refractivity contribution in [2.24, 2.45) is 0 Å². The summed E-state index contributed by atoms with van der Waals surface area (Å²) in [5.41, 5.74) is 6.39. The summed E-state index contributed by atoms with van der Waals surface area (Å²) in [6.07, 6.45) is 4.42. The van der Waals surface area contributed by atoms with Crippen molar-refractivity contribution in [1.29, 1.82) is 0 Å². The molecule has 0 radical (unpaired) electrons. The van der Waals surface area contributed by atoms with Crippen molar-refractivity contribution in [3.8, 4) is 11.1 Å². The van der Waals surface area contributed by atoms with Crippen LogP contribution in [0, 0.1) is 6.92 Å². The Kier molecular flexibility index (Phi) is 2.82. The molecule has 0 saturated carbocycles. The van der Waals surface area contributed by atoms with Gasteiger partial charge in [0.15, 0.2) is 0 Å².